The fraction of sp³-hybridized carbons (Fsp3) is 0.667. The first-order chi connectivity index (χ1) is 10.2. The molecule has 6 heteroatoms. The number of carbonyl (C=O) groups excluding carboxylic acids is 2. The fourth-order valence-electron chi connectivity index (χ4n) is 3.11. The van der Waals surface area contributed by atoms with Gasteiger partial charge in [-0.2, -0.15) is 0 Å². The number of fused-ring (bicyclic) bond motifs is 1. The van der Waals surface area contributed by atoms with Crippen molar-refractivity contribution in [3.05, 3.63) is 10.6 Å². The lowest BCUT2D eigenvalue weighted by molar-refractivity contribution is -0.116. The van der Waals surface area contributed by atoms with Gasteiger partial charge in [-0.25, -0.2) is 4.98 Å². The molecule has 1 aliphatic carbocycles. The van der Waals surface area contributed by atoms with Gasteiger partial charge in [0.2, 0.25) is 5.91 Å². The second-order valence-corrected chi connectivity index (χ2v) is 6.89. The van der Waals surface area contributed by atoms with Gasteiger partial charge in [0, 0.05) is 13.0 Å². The van der Waals surface area contributed by atoms with E-state index in [2.05, 4.69) is 15.6 Å². The molecule has 2 heterocycles. The van der Waals surface area contributed by atoms with Crippen molar-refractivity contribution >= 4 is 28.3 Å². The van der Waals surface area contributed by atoms with Crippen LogP contribution in [0.4, 0.5) is 5.13 Å². The summed E-state index contributed by atoms with van der Waals surface area (Å²) in [7, 11) is 0. The number of thiazole rings is 1. The first-order valence-corrected chi connectivity index (χ1v) is 8.62. The summed E-state index contributed by atoms with van der Waals surface area (Å²) in [5.74, 6) is 0.673. The number of nitrogens with zero attached hydrogens (tertiary/aromatic N) is 1. The first kappa shape index (κ1) is 14.5. The molecule has 5 nitrogen and oxygen atoms in total. The normalized spacial score (nSPS) is 19.0. The van der Waals surface area contributed by atoms with Crippen LogP contribution in [0.3, 0.4) is 0 Å². The summed E-state index contributed by atoms with van der Waals surface area (Å²) in [6, 6.07) is 0. The molecule has 2 aliphatic rings. The van der Waals surface area contributed by atoms with Crippen molar-refractivity contribution in [2.24, 2.45) is 5.92 Å². The van der Waals surface area contributed by atoms with Crippen molar-refractivity contribution in [1.82, 2.24) is 10.3 Å². The summed E-state index contributed by atoms with van der Waals surface area (Å²) >= 11 is 1.29. The van der Waals surface area contributed by atoms with Gasteiger partial charge in [-0.05, 0) is 25.2 Å². The van der Waals surface area contributed by atoms with E-state index in [1.54, 1.807) is 0 Å². The van der Waals surface area contributed by atoms with Crippen LogP contribution in [-0.2, 0) is 11.2 Å². The van der Waals surface area contributed by atoms with Crippen molar-refractivity contribution in [1.29, 1.82) is 0 Å². The zero-order chi connectivity index (χ0) is 14.7. The molecule has 1 aromatic heterocycles. The average Bonchev–Trinajstić information content (AvgIpc) is 3.08. The van der Waals surface area contributed by atoms with E-state index >= 15 is 0 Å². The Morgan fingerprint density at radius 3 is 2.95 bits per heavy atom. The standard InChI is InChI=1S/C15H21N3O2S/c19-12(8-7-10-4-1-2-5-10)18-15-17-11-6-3-9-16-14(20)13(11)21-15/h10H,1-9H2,(H,16,20)(H,17,18,19). The largest absolute Gasteiger partial charge is 0.351 e. The van der Waals surface area contributed by atoms with E-state index in [0.29, 0.717) is 23.0 Å². The summed E-state index contributed by atoms with van der Waals surface area (Å²) in [4.78, 5) is 28.9. The van der Waals surface area contributed by atoms with Gasteiger partial charge >= 0.3 is 0 Å². The number of nitrogens with one attached hydrogen (secondary N) is 2. The molecule has 2 amide bonds. The molecule has 21 heavy (non-hydrogen) atoms. The average molecular weight is 307 g/mol. The van der Waals surface area contributed by atoms with E-state index in [9.17, 15) is 9.59 Å². The quantitative estimate of drug-likeness (QED) is 0.898. The van der Waals surface area contributed by atoms with Crippen LogP contribution in [0.1, 0.15) is 60.3 Å². The lowest BCUT2D eigenvalue weighted by atomic mass is 10.0. The van der Waals surface area contributed by atoms with Gasteiger partial charge in [-0.1, -0.05) is 37.0 Å². The second kappa shape index (κ2) is 6.56. The molecule has 0 unspecified atom stereocenters. The van der Waals surface area contributed by atoms with Crippen molar-refractivity contribution < 1.29 is 9.59 Å². The molecular weight excluding hydrogens is 286 g/mol. The Hall–Kier alpha value is -1.43. The van der Waals surface area contributed by atoms with Gasteiger partial charge in [0.15, 0.2) is 5.13 Å². The number of aryl methyl sites for hydroxylation is 1. The molecule has 0 atom stereocenters. The highest BCUT2D eigenvalue weighted by molar-refractivity contribution is 7.17. The van der Waals surface area contributed by atoms with E-state index < -0.39 is 0 Å². The van der Waals surface area contributed by atoms with Gasteiger partial charge in [0.1, 0.15) is 4.88 Å². The summed E-state index contributed by atoms with van der Waals surface area (Å²) < 4.78 is 0. The minimum Gasteiger partial charge on any atom is -0.351 e. The van der Waals surface area contributed by atoms with Crippen LogP contribution in [0.25, 0.3) is 0 Å². The molecule has 0 radical (unpaired) electrons. The molecule has 1 saturated carbocycles. The van der Waals surface area contributed by atoms with E-state index in [0.717, 1.165) is 30.9 Å². The Balaban J connectivity index is 1.56. The number of hydrogen-bond acceptors (Lipinski definition) is 4. The number of aromatic nitrogens is 1. The predicted molar refractivity (Wildman–Crippen MR) is 82.6 cm³/mol. The third kappa shape index (κ3) is 3.61. The molecular formula is C15H21N3O2S. The number of amides is 2. The smallest absolute Gasteiger partial charge is 0.263 e. The van der Waals surface area contributed by atoms with Crippen LogP contribution in [-0.4, -0.2) is 23.3 Å². The SMILES string of the molecule is O=C(CCC1CCCC1)Nc1nc2c(s1)C(=O)NCCC2. The van der Waals surface area contributed by atoms with E-state index in [-0.39, 0.29) is 11.8 Å². The van der Waals surface area contributed by atoms with Crippen LogP contribution < -0.4 is 10.6 Å². The van der Waals surface area contributed by atoms with E-state index in [1.165, 1.54) is 37.0 Å². The predicted octanol–water partition coefficient (Wildman–Crippen LogP) is 2.73. The maximum Gasteiger partial charge on any atom is 0.263 e. The Bertz CT molecular complexity index is 535. The number of rotatable bonds is 4. The summed E-state index contributed by atoms with van der Waals surface area (Å²) in [6.07, 6.45) is 8.36. The monoisotopic (exact) mass is 307 g/mol. The minimum absolute atomic E-state index is 0.0196. The Morgan fingerprint density at radius 1 is 1.33 bits per heavy atom. The maximum absolute atomic E-state index is 12.0. The number of hydrogen-bond donors (Lipinski definition) is 2. The van der Waals surface area contributed by atoms with Gasteiger partial charge in [-0.15, -0.1) is 0 Å². The van der Waals surface area contributed by atoms with E-state index in [1.807, 2.05) is 0 Å². The molecule has 0 spiro atoms. The lowest BCUT2D eigenvalue weighted by Gasteiger charge is -2.07. The molecule has 0 bridgehead atoms. The molecule has 0 aromatic carbocycles. The molecule has 1 aliphatic heterocycles. The van der Waals surface area contributed by atoms with E-state index in [4.69, 9.17) is 0 Å². The molecule has 3 rings (SSSR count). The van der Waals surface area contributed by atoms with Crippen molar-refractivity contribution in [3.63, 3.8) is 0 Å². The van der Waals surface area contributed by atoms with Gasteiger partial charge in [-0.3, -0.25) is 9.59 Å². The molecule has 114 valence electrons. The second-order valence-electron chi connectivity index (χ2n) is 5.89. The Morgan fingerprint density at radius 2 is 2.14 bits per heavy atom. The highest BCUT2D eigenvalue weighted by atomic mass is 32.1. The van der Waals surface area contributed by atoms with Crippen LogP contribution in [0.2, 0.25) is 0 Å². The van der Waals surface area contributed by atoms with Crippen LogP contribution in [0, 0.1) is 5.92 Å². The molecule has 0 saturated heterocycles. The summed E-state index contributed by atoms with van der Waals surface area (Å²) in [5.41, 5.74) is 0.820. The van der Waals surface area contributed by atoms with Gasteiger partial charge in [0.25, 0.3) is 5.91 Å². The zero-order valence-electron chi connectivity index (χ0n) is 12.1. The highest BCUT2D eigenvalue weighted by Crippen LogP contribution is 2.29. The lowest BCUT2D eigenvalue weighted by Crippen LogP contribution is -2.21. The van der Waals surface area contributed by atoms with Crippen LogP contribution in [0.15, 0.2) is 0 Å². The Kier molecular flexibility index (Phi) is 4.53. The topological polar surface area (TPSA) is 71.1 Å². The number of carbonyl (C=O) groups is 2. The maximum atomic E-state index is 12.0. The van der Waals surface area contributed by atoms with Crippen molar-refractivity contribution in [3.8, 4) is 0 Å². The Labute approximate surface area is 128 Å². The van der Waals surface area contributed by atoms with Gasteiger partial charge in [0.05, 0.1) is 5.69 Å². The third-order valence-corrected chi connectivity index (χ3v) is 5.29. The van der Waals surface area contributed by atoms with Crippen LogP contribution >= 0.6 is 11.3 Å². The highest BCUT2D eigenvalue weighted by Gasteiger charge is 2.21. The molecule has 2 N–H and O–H groups in total. The summed E-state index contributed by atoms with van der Waals surface area (Å²) in [6.45, 7) is 0.699. The zero-order valence-corrected chi connectivity index (χ0v) is 12.9. The third-order valence-electron chi connectivity index (χ3n) is 4.28. The fourth-order valence-corrected chi connectivity index (χ4v) is 4.05. The molecule has 1 fully saturated rings. The van der Waals surface area contributed by atoms with Crippen LogP contribution in [0.5, 0.6) is 0 Å². The molecule has 1 aromatic rings. The first-order valence-electron chi connectivity index (χ1n) is 7.80. The number of anilines is 1. The van der Waals surface area contributed by atoms with Gasteiger partial charge < -0.3 is 10.6 Å². The van der Waals surface area contributed by atoms with Crippen molar-refractivity contribution in [2.75, 3.05) is 11.9 Å². The summed E-state index contributed by atoms with van der Waals surface area (Å²) in [5, 5.41) is 6.26. The minimum atomic E-state index is -0.0635. The van der Waals surface area contributed by atoms with Crippen molar-refractivity contribution in [2.45, 2.75) is 51.4 Å².